The van der Waals surface area contributed by atoms with E-state index in [-0.39, 0.29) is 16.4 Å². The number of carbonyl (C=O) groups excluding carboxylic acids is 1. The van der Waals surface area contributed by atoms with Crippen molar-refractivity contribution in [2.75, 3.05) is 5.73 Å². The number of hydrogen-bond donors (Lipinski definition) is 1. The topological polar surface area (TPSA) is 86.5 Å². The standard InChI is InChI=1S/C22H19NO4S/c1-16-6-13-19(14-7-16)28(25,26)27-18-11-8-17(9-12-18)10-15-22(24)20-4-2-3-5-21(20)23/h2-15H,23H2,1H3/b15-10+. The number of aryl methyl sites for hydroxylation is 1. The van der Waals surface area contributed by atoms with Crippen LogP contribution in [0.1, 0.15) is 21.5 Å². The molecule has 0 amide bonds. The molecule has 0 heterocycles. The van der Waals surface area contributed by atoms with Crippen LogP contribution in [0.2, 0.25) is 0 Å². The van der Waals surface area contributed by atoms with Crippen molar-refractivity contribution in [2.24, 2.45) is 0 Å². The Bertz CT molecular complexity index is 1120. The molecule has 0 atom stereocenters. The van der Waals surface area contributed by atoms with Gasteiger partial charge in [0.1, 0.15) is 10.6 Å². The first-order valence-corrected chi connectivity index (χ1v) is 9.94. The number of anilines is 1. The second-order valence-electron chi connectivity index (χ2n) is 6.20. The van der Waals surface area contributed by atoms with Crippen LogP contribution in [0.3, 0.4) is 0 Å². The van der Waals surface area contributed by atoms with E-state index in [1.165, 1.54) is 30.3 Å². The zero-order chi connectivity index (χ0) is 20.1. The lowest BCUT2D eigenvalue weighted by Gasteiger charge is -2.07. The van der Waals surface area contributed by atoms with E-state index in [9.17, 15) is 13.2 Å². The van der Waals surface area contributed by atoms with Gasteiger partial charge in [-0.1, -0.05) is 48.0 Å². The SMILES string of the molecule is Cc1ccc(S(=O)(=O)Oc2ccc(/C=C/C(=O)c3ccccc3N)cc2)cc1. The summed E-state index contributed by atoms with van der Waals surface area (Å²) in [5, 5.41) is 0. The average molecular weight is 393 g/mol. The van der Waals surface area contributed by atoms with Crippen molar-refractivity contribution in [3.05, 3.63) is 95.6 Å². The van der Waals surface area contributed by atoms with Gasteiger partial charge in [-0.05, 0) is 55.0 Å². The summed E-state index contributed by atoms with van der Waals surface area (Å²) >= 11 is 0. The summed E-state index contributed by atoms with van der Waals surface area (Å²) in [6.45, 7) is 1.88. The Morgan fingerprint density at radius 3 is 2.21 bits per heavy atom. The van der Waals surface area contributed by atoms with Gasteiger partial charge in [-0.15, -0.1) is 0 Å². The molecular formula is C22H19NO4S. The van der Waals surface area contributed by atoms with Crippen molar-refractivity contribution in [1.29, 1.82) is 0 Å². The lowest BCUT2D eigenvalue weighted by atomic mass is 10.1. The number of carbonyl (C=O) groups is 1. The molecule has 0 bridgehead atoms. The van der Waals surface area contributed by atoms with Crippen LogP contribution < -0.4 is 9.92 Å². The lowest BCUT2D eigenvalue weighted by Crippen LogP contribution is -2.09. The first kappa shape index (κ1) is 19.4. The molecule has 28 heavy (non-hydrogen) atoms. The molecule has 0 spiro atoms. The number of para-hydroxylation sites is 1. The zero-order valence-corrected chi connectivity index (χ0v) is 16.0. The molecule has 0 aromatic heterocycles. The molecule has 5 nitrogen and oxygen atoms in total. The highest BCUT2D eigenvalue weighted by molar-refractivity contribution is 7.87. The van der Waals surface area contributed by atoms with E-state index in [4.69, 9.17) is 9.92 Å². The molecule has 3 rings (SSSR count). The first-order chi connectivity index (χ1) is 13.3. The summed E-state index contributed by atoms with van der Waals surface area (Å²) in [6, 6.07) is 19.7. The minimum atomic E-state index is -3.90. The Hall–Kier alpha value is -3.38. The van der Waals surface area contributed by atoms with Gasteiger partial charge in [0, 0.05) is 11.3 Å². The van der Waals surface area contributed by atoms with Gasteiger partial charge < -0.3 is 9.92 Å². The maximum absolute atomic E-state index is 12.3. The van der Waals surface area contributed by atoms with Crippen molar-refractivity contribution >= 4 is 27.7 Å². The summed E-state index contributed by atoms with van der Waals surface area (Å²) in [6.07, 6.45) is 3.05. The quantitative estimate of drug-likeness (QED) is 0.293. The summed E-state index contributed by atoms with van der Waals surface area (Å²) in [5.41, 5.74) is 8.33. The van der Waals surface area contributed by atoms with E-state index in [0.717, 1.165) is 11.1 Å². The molecule has 2 N–H and O–H groups in total. The highest BCUT2D eigenvalue weighted by Gasteiger charge is 2.16. The third-order valence-electron chi connectivity index (χ3n) is 4.05. The average Bonchev–Trinajstić information content (AvgIpc) is 2.67. The predicted octanol–water partition coefficient (Wildman–Crippen LogP) is 4.24. The zero-order valence-electron chi connectivity index (χ0n) is 15.2. The summed E-state index contributed by atoms with van der Waals surface area (Å²) in [5.74, 6) is -0.0169. The van der Waals surface area contributed by atoms with Gasteiger partial charge in [-0.3, -0.25) is 4.79 Å². The molecule has 142 valence electrons. The van der Waals surface area contributed by atoms with E-state index in [2.05, 4.69) is 0 Å². The van der Waals surface area contributed by atoms with E-state index < -0.39 is 10.1 Å². The van der Waals surface area contributed by atoms with E-state index in [1.807, 2.05) is 6.92 Å². The van der Waals surface area contributed by atoms with Crippen LogP contribution in [0.4, 0.5) is 5.69 Å². The molecule has 0 aliphatic rings. The molecule has 3 aromatic carbocycles. The minimum absolute atomic E-state index is 0.0909. The monoisotopic (exact) mass is 393 g/mol. The summed E-state index contributed by atoms with van der Waals surface area (Å²) in [7, 11) is -3.90. The second kappa shape index (κ2) is 8.10. The van der Waals surface area contributed by atoms with E-state index in [1.54, 1.807) is 54.6 Å². The highest BCUT2D eigenvalue weighted by Crippen LogP contribution is 2.20. The predicted molar refractivity (Wildman–Crippen MR) is 110 cm³/mol. The molecule has 0 aliphatic heterocycles. The number of ketones is 1. The van der Waals surface area contributed by atoms with Crippen LogP contribution in [0.15, 0.2) is 83.8 Å². The third kappa shape index (κ3) is 4.66. The van der Waals surface area contributed by atoms with Crippen molar-refractivity contribution < 1.29 is 17.4 Å². The lowest BCUT2D eigenvalue weighted by molar-refractivity contribution is 0.104. The second-order valence-corrected chi connectivity index (χ2v) is 7.75. The maximum atomic E-state index is 12.3. The smallest absolute Gasteiger partial charge is 0.339 e. The number of hydrogen-bond acceptors (Lipinski definition) is 5. The highest BCUT2D eigenvalue weighted by atomic mass is 32.2. The fourth-order valence-electron chi connectivity index (χ4n) is 2.50. The molecule has 0 unspecified atom stereocenters. The third-order valence-corrected chi connectivity index (χ3v) is 5.31. The molecule has 3 aromatic rings. The minimum Gasteiger partial charge on any atom is -0.398 e. The largest absolute Gasteiger partial charge is 0.398 e. The van der Waals surface area contributed by atoms with Crippen molar-refractivity contribution in [1.82, 2.24) is 0 Å². The van der Waals surface area contributed by atoms with Crippen LogP contribution in [0.5, 0.6) is 5.75 Å². The van der Waals surface area contributed by atoms with Crippen LogP contribution in [-0.4, -0.2) is 14.2 Å². The molecule has 6 heteroatoms. The molecule has 0 aliphatic carbocycles. The number of allylic oxidation sites excluding steroid dienone is 1. The van der Waals surface area contributed by atoms with Gasteiger partial charge >= 0.3 is 10.1 Å². The van der Waals surface area contributed by atoms with Gasteiger partial charge in [-0.25, -0.2) is 0 Å². The Kier molecular flexibility index (Phi) is 5.61. The normalized spacial score (nSPS) is 11.5. The maximum Gasteiger partial charge on any atom is 0.339 e. The first-order valence-electron chi connectivity index (χ1n) is 8.53. The molecule has 0 fully saturated rings. The Morgan fingerprint density at radius 1 is 0.929 bits per heavy atom. The number of nitrogen functional groups attached to an aromatic ring is 1. The van der Waals surface area contributed by atoms with Gasteiger partial charge in [0.2, 0.25) is 0 Å². The summed E-state index contributed by atoms with van der Waals surface area (Å²) in [4.78, 5) is 12.3. The Morgan fingerprint density at radius 2 is 1.57 bits per heavy atom. The van der Waals surface area contributed by atoms with Crippen LogP contribution in [0, 0.1) is 6.92 Å². The molecule has 0 radical (unpaired) electrons. The van der Waals surface area contributed by atoms with Crippen LogP contribution in [0.25, 0.3) is 6.08 Å². The van der Waals surface area contributed by atoms with Gasteiger partial charge in [0.15, 0.2) is 5.78 Å². The van der Waals surface area contributed by atoms with Crippen LogP contribution in [-0.2, 0) is 10.1 Å². The number of nitrogens with two attached hydrogens (primary N) is 1. The Labute approximate surface area is 164 Å². The Balaban J connectivity index is 1.70. The van der Waals surface area contributed by atoms with Gasteiger partial charge in [0.05, 0.1) is 0 Å². The fraction of sp³-hybridized carbons (Fsp3) is 0.0455. The van der Waals surface area contributed by atoms with E-state index >= 15 is 0 Å². The number of rotatable bonds is 6. The molecular weight excluding hydrogens is 374 g/mol. The fourth-order valence-corrected chi connectivity index (χ4v) is 3.43. The molecule has 0 saturated carbocycles. The van der Waals surface area contributed by atoms with Crippen molar-refractivity contribution in [3.63, 3.8) is 0 Å². The van der Waals surface area contributed by atoms with Crippen molar-refractivity contribution in [3.8, 4) is 5.75 Å². The van der Waals surface area contributed by atoms with Gasteiger partial charge in [-0.2, -0.15) is 8.42 Å². The van der Waals surface area contributed by atoms with Gasteiger partial charge in [0.25, 0.3) is 0 Å². The van der Waals surface area contributed by atoms with Crippen LogP contribution >= 0.6 is 0 Å². The summed E-state index contributed by atoms with van der Waals surface area (Å²) < 4.78 is 29.8. The number of benzene rings is 3. The molecule has 0 saturated heterocycles. The van der Waals surface area contributed by atoms with Crippen molar-refractivity contribution in [2.45, 2.75) is 11.8 Å². The van der Waals surface area contributed by atoms with E-state index in [0.29, 0.717) is 11.3 Å².